The standard InChI is InChI=1S/C11H22O/c1-4-6-11(5-2)9-10(3)7-8-12/h6,10,12H,4-5,7-9H2,1-3H3. The van der Waals surface area contributed by atoms with E-state index in [2.05, 4.69) is 26.8 Å². The van der Waals surface area contributed by atoms with Gasteiger partial charge in [-0.25, -0.2) is 0 Å². The fourth-order valence-electron chi connectivity index (χ4n) is 1.43. The van der Waals surface area contributed by atoms with Gasteiger partial charge in [0.25, 0.3) is 0 Å². The summed E-state index contributed by atoms with van der Waals surface area (Å²) in [5.41, 5.74) is 1.54. The number of aliphatic hydroxyl groups excluding tert-OH is 1. The highest BCUT2D eigenvalue weighted by atomic mass is 16.2. The summed E-state index contributed by atoms with van der Waals surface area (Å²) in [7, 11) is 0. The van der Waals surface area contributed by atoms with Crippen molar-refractivity contribution in [3.05, 3.63) is 11.6 Å². The molecule has 0 aliphatic carbocycles. The Morgan fingerprint density at radius 1 is 1.42 bits per heavy atom. The van der Waals surface area contributed by atoms with Gasteiger partial charge in [0, 0.05) is 6.61 Å². The van der Waals surface area contributed by atoms with Gasteiger partial charge in [-0.2, -0.15) is 0 Å². The van der Waals surface area contributed by atoms with E-state index in [4.69, 9.17) is 5.11 Å². The summed E-state index contributed by atoms with van der Waals surface area (Å²) >= 11 is 0. The second-order valence-corrected chi connectivity index (χ2v) is 3.45. The lowest BCUT2D eigenvalue weighted by molar-refractivity contribution is 0.262. The van der Waals surface area contributed by atoms with Crippen LogP contribution in [0.4, 0.5) is 0 Å². The predicted octanol–water partition coefficient (Wildman–Crippen LogP) is 3.14. The lowest BCUT2D eigenvalue weighted by Gasteiger charge is -2.11. The molecule has 0 aliphatic rings. The molecule has 0 saturated carbocycles. The third kappa shape index (κ3) is 5.36. The first-order valence-electron chi connectivity index (χ1n) is 5.03. The Morgan fingerprint density at radius 2 is 2.08 bits per heavy atom. The first-order chi connectivity index (χ1) is 5.74. The van der Waals surface area contributed by atoms with Gasteiger partial charge in [0.1, 0.15) is 0 Å². The molecule has 0 heterocycles. The van der Waals surface area contributed by atoms with Crippen LogP contribution in [0.2, 0.25) is 0 Å². The van der Waals surface area contributed by atoms with E-state index in [1.807, 2.05) is 0 Å². The highest BCUT2D eigenvalue weighted by Gasteiger charge is 2.03. The van der Waals surface area contributed by atoms with Crippen LogP contribution in [0.15, 0.2) is 11.6 Å². The van der Waals surface area contributed by atoms with Gasteiger partial charge in [-0.1, -0.05) is 32.4 Å². The monoisotopic (exact) mass is 170 g/mol. The quantitative estimate of drug-likeness (QED) is 0.607. The molecule has 1 heteroatoms. The van der Waals surface area contributed by atoms with Gasteiger partial charge in [0.2, 0.25) is 0 Å². The van der Waals surface area contributed by atoms with Gasteiger partial charge in [-0.15, -0.1) is 0 Å². The molecule has 1 N–H and O–H groups in total. The lowest BCUT2D eigenvalue weighted by Crippen LogP contribution is -1.99. The van der Waals surface area contributed by atoms with Gasteiger partial charge in [0.15, 0.2) is 0 Å². The largest absolute Gasteiger partial charge is 0.396 e. The van der Waals surface area contributed by atoms with Crippen molar-refractivity contribution in [2.75, 3.05) is 6.61 Å². The van der Waals surface area contributed by atoms with E-state index in [0.29, 0.717) is 12.5 Å². The molecule has 0 amide bonds. The summed E-state index contributed by atoms with van der Waals surface area (Å²) in [6.07, 6.45) is 6.69. The molecule has 72 valence electrons. The summed E-state index contributed by atoms with van der Waals surface area (Å²) in [6, 6.07) is 0. The topological polar surface area (TPSA) is 20.2 Å². The van der Waals surface area contributed by atoms with Crippen LogP contribution in [0.1, 0.15) is 46.5 Å². The van der Waals surface area contributed by atoms with Crippen molar-refractivity contribution in [3.8, 4) is 0 Å². The van der Waals surface area contributed by atoms with Crippen molar-refractivity contribution in [3.63, 3.8) is 0 Å². The Balaban J connectivity index is 3.77. The van der Waals surface area contributed by atoms with Gasteiger partial charge in [-0.3, -0.25) is 0 Å². The zero-order valence-corrected chi connectivity index (χ0v) is 8.64. The zero-order chi connectivity index (χ0) is 9.40. The molecule has 0 aromatic heterocycles. The van der Waals surface area contributed by atoms with Gasteiger partial charge in [-0.05, 0) is 31.6 Å². The van der Waals surface area contributed by atoms with E-state index in [1.54, 1.807) is 5.57 Å². The van der Waals surface area contributed by atoms with E-state index in [1.165, 1.54) is 0 Å². The SMILES string of the molecule is CCC=C(CC)CC(C)CCO. The van der Waals surface area contributed by atoms with Crippen molar-refractivity contribution in [1.29, 1.82) is 0 Å². The molecule has 1 nitrogen and oxygen atoms in total. The van der Waals surface area contributed by atoms with Crippen molar-refractivity contribution < 1.29 is 5.11 Å². The summed E-state index contributed by atoms with van der Waals surface area (Å²) in [5.74, 6) is 0.632. The number of allylic oxidation sites excluding steroid dienone is 2. The minimum atomic E-state index is 0.324. The Labute approximate surface area is 76.5 Å². The summed E-state index contributed by atoms with van der Waals surface area (Å²) in [4.78, 5) is 0. The van der Waals surface area contributed by atoms with Crippen molar-refractivity contribution >= 4 is 0 Å². The maximum Gasteiger partial charge on any atom is 0.0433 e. The Hall–Kier alpha value is -0.300. The van der Waals surface area contributed by atoms with E-state index < -0.39 is 0 Å². The molecule has 0 saturated heterocycles. The Bertz CT molecular complexity index is 127. The minimum Gasteiger partial charge on any atom is -0.396 e. The van der Waals surface area contributed by atoms with Gasteiger partial charge in [0.05, 0.1) is 0 Å². The van der Waals surface area contributed by atoms with Crippen LogP contribution in [-0.2, 0) is 0 Å². The zero-order valence-electron chi connectivity index (χ0n) is 8.64. The average Bonchev–Trinajstić information content (AvgIpc) is 2.04. The number of hydrogen-bond donors (Lipinski definition) is 1. The van der Waals surface area contributed by atoms with Crippen molar-refractivity contribution in [1.82, 2.24) is 0 Å². The fraction of sp³-hybridized carbons (Fsp3) is 0.818. The van der Waals surface area contributed by atoms with Crippen molar-refractivity contribution in [2.24, 2.45) is 5.92 Å². The minimum absolute atomic E-state index is 0.324. The van der Waals surface area contributed by atoms with Crippen LogP contribution in [0.5, 0.6) is 0 Å². The van der Waals surface area contributed by atoms with Crippen LogP contribution in [0.25, 0.3) is 0 Å². The molecular weight excluding hydrogens is 148 g/mol. The highest BCUT2D eigenvalue weighted by Crippen LogP contribution is 2.17. The maximum absolute atomic E-state index is 8.73. The maximum atomic E-state index is 8.73. The first kappa shape index (κ1) is 11.7. The van der Waals surface area contributed by atoms with Gasteiger partial charge < -0.3 is 5.11 Å². The molecule has 12 heavy (non-hydrogen) atoms. The second-order valence-electron chi connectivity index (χ2n) is 3.45. The molecule has 0 fully saturated rings. The average molecular weight is 170 g/mol. The fourth-order valence-corrected chi connectivity index (χ4v) is 1.43. The van der Waals surface area contributed by atoms with E-state index in [9.17, 15) is 0 Å². The molecule has 1 atom stereocenters. The number of rotatable bonds is 6. The smallest absolute Gasteiger partial charge is 0.0433 e. The molecule has 0 bridgehead atoms. The van der Waals surface area contributed by atoms with Crippen LogP contribution in [-0.4, -0.2) is 11.7 Å². The van der Waals surface area contributed by atoms with E-state index >= 15 is 0 Å². The normalized spacial score (nSPS) is 14.8. The molecule has 0 aliphatic heterocycles. The van der Waals surface area contributed by atoms with Crippen LogP contribution >= 0.6 is 0 Å². The molecule has 0 spiro atoms. The van der Waals surface area contributed by atoms with Crippen molar-refractivity contribution in [2.45, 2.75) is 46.5 Å². The third-order valence-corrected chi connectivity index (χ3v) is 2.18. The number of hydrogen-bond acceptors (Lipinski definition) is 1. The molecule has 1 unspecified atom stereocenters. The summed E-state index contributed by atoms with van der Waals surface area (Å²) in [5, 5.41) is 8.73. The molecule has 0 rings (SSSR count). The third-order valence-electron chi connectivity index (χ3n) is 2.18. The molecule has 0 aromatic carbocycles. The molecule has 0 aromatic rings. The summed E-state index contributed by atoms with van der Waals surface area (Å²) in [6.45, 7) is 6.90. The Morgan fingerprint density at radius 3 is 2.50 bits per heavy atom. The Kier molecular flexibility index (Phi) is 7.17. The van der Waals surface area contributed by atoms with Crippen LogP contribution in [0.3, 0.4) is 0 Å². The lowest BCUT2D eigenvalue weighted by atomic mass is 9.96. The van der Waals surface area contributed by atoms with Gasteiger partial charge >= 0.3 is 0 Å². The summed E-state index contributed by atoms with van der Waals surface area (Å²) < 4.78 is 0. The first-order valence-corrected chi connectivity index (χ1v) is 5.03. The van der Waals surface area contributed by atoms with E-state index in [0.717, 1.165) is 25.7 Å². The van der Waals surface area contributed by atoms with Crippen LogP contribution in [0, 0.1) is 5.92 Å². The van der Waals surface area contributed by atoms with Crippen LogP contribution < -0.4 is 0 Å². The second kappa shape index (κ2) is 7.35. The molecule has 0 radical (unpaired) electrons. The number of aliphatic hydroxyl groups is 1. The molecular formula is C11H22O. The van der Waals surface area contributed by atoms with E-state index in [-0.39, 0.29) is 0 Å². The highest BCUT2D eigenvalue weighted by molar-refractivity contribution is 5.01. The predicted molar refractivity (Wildman–Crippen MR) is 54.1 cm³/mol.